The van der Waals surface area contributed by atoms with E-state index in [1.54, 1.807) is 5.32 Å². The zero-order chi connectivity index (χ0) is 31.5. The molecule has 1 unspecified atom stereocenters. The van der Waals surface area contributed by atoms with Gasteiger partial charge in [0.15, 0.2) is 0 Å². The van der Waals surface area contributed by atoms with Crippen LogP contribution in [-0.2, 0) is 11.0 Å². The molecule has 2 N–H and O–H groups in total. The smallest absolute Gasteiger partial charge is 0.345 e. The van der Waals surface area contributed by atoms with Gasteiger partial charge in [-0.3, -0.25) is 9.59 Å². The first-order valence-electron chi connectivity index (χ1n) is 10.9. The van der Waals surface area contributed by atoms with Crippen LogP contribution < -0.4 is 10.6 Å². The highest BCUT2D eigenvalue weighted by molar-refractivity contribution is 6.42. The Morgan fingerprint density at radius 1 is 1.02 bits per heavy atom. The van der Waals surface area contributed by atoms with E-state index < -0.39 is 87.5 Å². The van der Waals surface area contributed by atoms with Gasteiger partial charge in [0.2, 0.25) is 5.91 Å². The summed E-state index contributed by atoms with van der Waals surface area (Å²) in [4.78, 5) is 24.1. The van der Waals surface area contributed by atoms with E-state index in [1.807, 2.05) is 0 Å². The van der Waals surface area contributed by atoms with Crippen LogP contribution in [0.5, 0.6) is 0 Å². The number of allylic oxidation sites excluding steroid dienone is 1. The van der Waals surface area contributed by atoms with Crippen LogP contribution in [-0.4, -0.2) is 36.8 Å². The molecule has 0 heterocycles. The average Bonchev–Trinajstić information content (AvgIpc) is 2.85. The summed E-state index contributed by atoms with van der Waals surface area (Å²) in [6.07, 6.45) is -15.4. The van der Waals surface area contributed by atoms with Crippen molar-refractivity contribution < 1.29 is 53.5 Å². The Balaban J connectivity index is 2.48. The van der Waals surface area contributed by atoms with Crippen LogP contribution in [0.1, 0.15) is 45.5 Å². The molecule has 17 heteroatoms. The van der Waals surface area contributed by atoms with Crippen molar-refractivity contribution in [3.63, 3.8) is 0 Å². The van der Waals surface area contributed by atoms with Crippen LogP contribution in [0.2, 0.25) is 10.0 Å². The molecular formula is C24H15Cl2F10N3O2. The second kappa shape index (κ2) is 12.6. The number of nitriles is 1. The van der Waals surface area contributed by atoms with Crippen LogP contribution in [0.15, 0.2) is 36.4 Å². The standard InChI is InChI=1S/C24H15Cl2F10N3O2/c1-10(20(40)38-9-22(28,29)30)39-21(41)14-3-2-11(5-16(14)24(34,35)36)18(27)7-15(23(31,32)33)12-4-13(8-37)19(26)17(25)6-12/h2-7,10,15H,9H2,1H3,(H,38,40)(H,39,41)/b18-7-/t10-,15?/m1/s1. The fraction of sp³-hybridized carbons (Fsp3) is 0.292. The van der Waals surface area contributed by atoms with Gasteiger partial charge >= 0.3 is 18.5 Å². The van der Waals surface area contributed by atoms with E-state index in [-0.39, 0.29) is 17.2 Å². The topological polar surface area (TPSA) is 82.0 Å². The van der Waals surface area contributed by atoms with E-state index in [9.17, 15) is 53.5 Å². The maximum absolute atomic E-state index is 15.0. The van der Waals surface area contributed by atoms with E-state index in [4.69, 9.17) is 28.5 Å². The molecule has 41 heavy (non-hydrogen) atoms. The second-order valence-electron chi connectivity index (χ2n) is 8.30. The van der Waals surface area contributed by atoms with Gasteiger partial charge in [0.1, 0.15) is 30.4 Å². The molecule has 2 atom stereocenters. The van der Waals surface area contributed by atoms with Crippen molar-refractivity contribution in [2.75, 3.05) is 6.54 Å². The van der Waals surface area contributed by atoms with Gasteiger partial charge in [-0.15, -0.1) is 0 Å². The number of benzene rings is 2. The molecule has 0 aliphatic heterocycles. The van der Waals surface area contributed by atoms with Crippen molar-refractivity contribution in [1.82, 2.24) is 10.6 Å². The molecule has 0 aliphatic rings. The van der Waals surface area contributed by atoms with E-state index in [2.05, 4.69) is 0 Å². The Morgan fingerprint density at radius 3 is 2.15 bits per heavy atom. The molecule has 0 saturated carbocycles. The Kier molecular flexibility index (Phi) is 10.3. The average molecular weight is 638 g/mol. The van der Waals surface area contributed by atoms with Crippen molar-refractivity contribution >= 4 is 40.8 Å². The molecule has 0 spiro atoms. The summed E-state index contributed by atoms with van der Waals surface area (Å²) in [6, 6.07) is 2.15. The quantitative estimate of drug-likeness (QED) is 0.312. The molecule has 0 fully saturated rings. The zero-order valence-electron chi connectivity index (χ0n) is 20.1. The van der Waals surface area contributed by atoms with Gasteiger partial charge in [0.25, 0.3) is 5.91 Å². The minimum atomic E-state index is -5.36. The third-order valence-corrected chi connectivity index (χ3v) is 6.05. The minimum absolute atomic E-state index is 0.0398. The van der Waals surface area contributed by atoms with Gasteiger partial charge in [0, 0.05) is 5.56 Å². The molecule has 0 radical (unpaired) electrons. The zero-order valence-corrected chi connectivity index (χ0v) is 21.6. The number of carbonyl (C=O) groups is 2. The first kappa shape index (κ1) is 33.7. The summed E-state index contributed by atoms with van der Waals surface area (Å²) in [6.45, 7) is -0.898. The first-order chi connectivity index (χ1) is 18.7. The number of halogens is 12. The molecule has 5 nitrogen and oxygen atoms in total. The highest BCUT2D eigenvalue weighted by atomic mass is 35.5. The largest absolute Gasteiger partial charge is 0.417 e. The summed E-state index contributed by atoms with van der Waals surface area (Å²) in [5.41, 5.74) is -5.26. The van der Waals surface area contributed by atoms with Crippen molar-refractivity contribution in [3.05, 3.63) is 74.3 Å². The van der Waals surface area contributed by atoms with E-state index in [0.29, 0.717) is 24.3 Å². The Hall–Kier alpha value is -3.51. The van der Waals surface area contributed by atoms with Gasteiger partial charge in [0.05, 0.1) is 26.7 Å². The van der Waals surface area contributed by atoms with Gasteiger partial charge in [-0.05, 0) is 42.8 Å². The molecule has 0 aromatic heterocycles. The van der Waals surface area contributed by atoms with E-state index in [0.717, 1.165) is 6.92 Å². The number of carbonyl (C=O) groups excluding carboxylic acids is 2. The fourth-order valence-electron chi connectivity index (χ4n) is 3.30. The van der Waals surface area contributed by atoms with Crippen LogP contribution in [0.3, 0.4) is 0 Å². The summed E-state index contributed by atoms with van der Waals surface area (Å²) < 4.78 is 134. The number of rotatable bonds is 7. The maximum Gasteiger partial charge on any atom is 0.417 e. The van der Waals surface area contributed by atoms with Crippen molar-refractivity contribution in [1.29, 1.82) is 5.26 Å². The lowest BCUT2D eigenvalue weighted by atomic mass is 9.94. The number of nitrogens with zero attached hydrogens (tertiary/aromatic N) is 1. The number of nitrogens with one attached hydrogen (secondary N) is 2. The van der Waals surface area contributed by atoms with Gasteiger partial charge in [-0.1, -0.05) is 29.3 Å². The lowest BCUT2D eigenvalue weighted by molar-refractivity contribution is -0.140. The molecule has 2 amide bonds. The summed E-state index contributed by atoms with van der Waals surface area (Å²) in [5.74, 6) is -7.56. The van der Waals surface area contributed by atoms with Crippen LogP contribution in [0.4, 0.5) is 43.9 Å². The summed E-state index contributed by atoms with van der Waals surface area (Å²) >= 11 is 11.5. The monoisotopic (exact) mass is 637 g/mol. The van der Waals surface area contributed by atoms with Crippen molar-refractivity contribution in [2.45, 2.75) is 37.4 Å². The Labute approximate surface area is 234 Å². The fourth-order valence-corrected chi connectivity index (χ4v) is 3.68. The number of alkyl halides is 9. The number of hydrogen-bond acceptors (Lipinski definition) is 3. The summed E-state index contributed by atoms with van der Waals surface area (Å²) in [5, 5.41) is 11.4. The van der Waals surface area contributed by atoms with Crippen molar-refractivity contribution in [3.8, 4) is 6.07 Å². The number of hydrogen-bond donors (Lipinski definition) is 2. The highest BCUT2D eigenvalue weighted by Gasteiger charge is 2.41. The Bertz CT molecular complexity index is 1400. The maximum atomic E-state index is 15.0. The SMILES string of the molecule is C[C@@H](NC(=O)c1ccc(/C(F)=C/C(c2cc(Cl)c(Cl)c(C#N)c2)C(F)(F)F)cc1C(F)(F)F)C(=O)NCC(F)(F)F. The predicted octanol–water partition coefficient (Wildman–Crippen LogP) is 7.34. The third-order valence-electron chi connectivity index (χ3n) is 5.25. The lowest BCUT2D eigenvalue weighted by Crippen LogP contribution is -2.47. The van der Waals surface area contributed by atoms with Gasteiger partial charge in [-0.25, -0.2) is 4.39 Å². The lowest BCUT2D eigenvalue weighted by Gasteiger charge is -2.19. The third kappa shape index (κ3) is 8.99. The molecule has 222 valence electrons. The molecule has 0 saturated heterocycles. The van der Waals surface area contributed by atoms with Crippen molar-refractivity contribution in [2.24, 2.45) is 0 Å². The molecule has 2 aromatic carbocycles. The van der Waals surface area contributed by atoms with Crippen LogP contribution in [0.25, 0.3) is 5.83 Å². The van der Waals surface area contributed by atoms with Crippen LogP contribution in [0, 0.1) is 11.3 Å². The molecule has 2 rings (SSSR count). The first-order valence-corrected chi connectivity index (χ1v) is 11.6. The summed E-state index contributed by atoms with van der Waals surface area (Å²) in [7, 11) is 0. The van der Waals surface area contributed by atoms with E-state index in [1.165, 1.54) is 11.4 Å². The van der Waals surface area contributed by atoms with E-state index >= 15 is 0 Å². The Morgan fingerprint density at radius 2 is 1.63 bits per heavy atom. The minimum Gasteiger partial charge on any atom is -0.345 e. The highest BCUT2D eigenvalue weighted by Crippen LogP contribution is 2.42. The van der Waals surface area contributed by atoms with Gasteiger partial charge < -0.3 is 10.6 Å². The molecule has 0 aliphatic carbocycles. The molecule has 0 bridgehead atoms. The second-order valence-corrected chi connectivity index (χ2v) is 9.08. The molecular weight excluding hydrogens is 623 g/mol. The normalized spacial score (nSPS) is 14.2. The predicted molar refractivity (Wildman–Crippen MR) is 126 cm³/mol. The van der Waals surface area contributed by atoms with Crippen LogP contribution >= 0.6 is 23.2 Å². The van der Waals surface area contributed by atoms with Gasteiger partial charge in [-0.2, -0.15) is 44.8 Å². The number of amides is 2. The molecule has 2 aromatic rings.